The Morgan fingerprint density at radius 3 is 2.73 bits per heavy atom. The highest BCUT2D eigenvalue weighted by molar-refractivity contribution is 7.10. The van der Waals surface area contributed by atoms with Gasteiger partial charge in [-0.25, -0.2) is 0 Å². The molecule has 1 aromatic heterocycles. The highest BCUT2D eigenvalue weighted by Crippen LogP contribution is 2.35. The Bertz CT molecular complexity index is 396. The summed E-state index contributed by atoms with van der Waals surface area (Å²) in [4.78, 5) is 0. The molecule has 1 fully saturated rings. The van der Waals surface area contributed by atoms with E-state index in [1.165, 1.54) is 37.2 Å². The lowest BCUT2D eigenvalue weighted by molar-refractivity contribution is 0.535. The molecule has 0 bridgehead atoms. The van der Waals surface area contributed by atoms with E-state index in [-0.39, 0.29) is 5.54 Å². The van der Waals surface area contributed by atoms with Crippen molar-refractivity contribution in [2.75, 3.05) is 5.32 Å². The van der Waals surface area contributed by atoms with Crippen molar-refractivity contribution in [1.82, 2.24) is 4.37 Å². The van der Waals surface area contributed by atoms with E-state index in [9.17, 15) is 0 Å². The van der Waals surface area contributed by atoms with E-state index >= 15 is 0 Å². The van der Waals surface area contributed by atoms with Crippen molar-refractivity contribution < 1.29 is 0 Å². The Morgan fingerprint density at radius 1 is 1.47 bits per heavy atom. The Morgan fingerprint density at radius 2 is 2.13 bits per heavy atom. The summed E-state index contributed by atoms with van der Waals surface area (Å²) in [6.07, 6.45) is 4.94. The van der Waals surface area contributed by atoms with Crippen molar-refractivity contribution in [1.29, 1.82) is 5.26 Å². The summed E-state index contributed by atoms with van der Waals surface area (Å²) in [5.41, 5.74) is 1.73. The third kappa shape index (κ3) is 1.98. The second kappa shape index (κ2) is 3.82. The first-order chi connectivity index (χ1) is 7.14. The van der Waals surface area contributed by atoms with E-state index in [4.69, 9.17) is 5.26 Å². The molecule has 1 aliphatic carbocycles. The quantitative estimate of drug-likeness (QED) is 0.835. The SMILES string of the molecule is Cc1nsc(NC2(C)CCCC2)c1C#N. The molecule has 1 heterocycles. The van der Waals surface area contributed by atoms with Gasteiger partial charge in [-0.3, -0.25) is 0 Å². The third-order valence-corrected chi connectivity index (χ3v) is 3.95. The van der Waals surface area contributed by atoms with Crippen LogP contribution in [0.4, 0.5) is 5.00 Å². The molecule has 2 rings (SSSR count). The predicted octanol–water partition coefficient (Wildman–Crippen LogP) is 3.07. The van der Waals surface area contributed by atoms with Crippen LogP contribution in [0.15, 0.2) is 0 Å². The van der Waals surface area contributed by atoms with Crippen LogP contribution in [0, 0.1) is 18.3 Å². The summed E-state index contributed by atoms with van der Waals surface area (Å²) in [5.74, 6) is 0. The zero-order valence-corrected chi connectivity index (χ0v) is 9.95. The molecule has 0 amide bonds. The Labute approximate surface area is 94.3 Å². The van der Waals surface area contributed by atoms with E-state index < -0.39 is 0 Å². The van der Waals surface area contributed by atoms with E-state index in [1.54, 1.807) is 0 Å². The summed E-state index contributed by atoms with van der Waals surface area (Å²) in [7, 11) is 0. The zero-order chi connectivity index (χ0) is 10.9. The van der Waals surface area contributed by atoms with Gasteiger partial charge in [0.05, 0.1) is 5.69 Å². The first-order valence-electron chi connectivity index (χ1n) is 5.29. The lowest BCUT2D eigenvalue weighted by Gasteiger charge is -2.25. The fourth-order valence-electron chi connectivity index (χ4n) is 2.14. The topological polar surface area (TPSA) is 48.7 Å². The Kier molecular flexibility index (Phi) is 2.66. The van der Waals surface area contributed by atoms with Crippen LogP contribution in [-0.4, -0.2) is 9.91 Å². The van der Waals surface area contributed by atoms with E-state index in [1.807, 2.05) is 6.92 Å². The summed E-state index contributed by atoms with van der Waals surface area (Å²) in [5, 5.41) is 13.5. The summed E-state index contributed by atoms with van der Waals surface area (Å²) >= 11 is 1.40. The van der Waals surface area contributed by atoms with Crippen LogP contribution >= 0.6 is 11.5 Å². The summed E-state index contributed by atoms with van der Waals surface area (Å²) in [6, 6.07) is 2.22. The van der Waals surface area contributed by atoms with Gasteiger partial charge in [-0.05, 0) is 38.2 Å². The lowest BCUT2D eigenvalue weighted by atomic mass is 10.0. The Hall–Kier alpha value is -1.08. The minimum Gasteiger partial charge on any atom is -0.369 e. The molecule has 80 valence electrons. The molecule has 3 nitrogen and oxygen atoms in total. The molecule has 0 aromatic carbocycles. The zero-order valence-electron chi connectivity index (χ0n) is 9.13. The molecule has 1 aliphatic rings. The maximum Gasteiger partial charge on any atom is 0.128 e. The van der Waals surface area contributed by atoms with Crippen LogP contribution in [0.5, 0.6) is 0 Å². The maximum absolute atomic E-state index is 9.02. The van der Waals surface area contributed by atoms with Gasteiger partial charge in [0.1, 0.15) is 16.6 Å². The second-order valence-electron chi connectivity index (χ2n) is 4.48. The van der Waals surface area contributed by atoms with Crippen molar-refractivity contribution in [3.05, 3.63) is 11.3 Å². The molecule has 0 radical (unpaired) electrons. The van der Waals surface area contributed by atoms with Crippen LogP contribution in [-0.2, 0) is 0 Å². The van der Waals surface area contributed by atoms with Crippen LogP contribution < -0.4 is 5.32 Å². The molecule has 15 heavy (non-hydrogen) atoms. The second-order valence-corrected chi connectivity index (χ2v) is 5.25. The number of nitrogens with zero attached hydrogens (tertiary/aromatic N) is 2. The molecule has 0 aliphatic heterocycles. The number of hydrogen-bond acceptors (Lipinski definition) is 4. The van der Waals surface area contributed by atoms with Gasteiger partial charge in [0.15, 0.2) is 0 Å². The first kappa shape index (κ1) is 10.4. The number of nitriles is 1. The smallest absolute Gasteiger partial charge is 0.128 e. The number of aryl methyl sites for hydroxylation is 1. The van der Waals surface area contributed by atoms with Crippen molar-refractivity contribution in [2.24, 2.45) is 0 Å². The number of aromatic nitrogens is 1. The minimum absolute atomic E-state index is 0.171. The maximum atomic E-state index is 9.02. The monoisotopic (exact) mass is 221 g/mol. The lowest BCUT2D eigenvalue weighted by Crippen LogP contribution is -2.30. The van der Waals surface area contributed by atoms with E-state index in [0.717, 1.165) is 10.7 Å². The van der Waals surface area contributed by atoms with Crippen molar-refractivity contribution in [3.8, 4) is 6.07 Å². The average molecular weight is 221 g/mol. The number of rotatable bonds is 2. The van der Waals surface area contributed by atoms with Crippen LogP contribution in [0.25, 0.3) is 0 Å². The highest BCUT2D eigenvalue weighted by Gasteiger charge is 2.29. The van der Waals surface area contributed by atoms with Gasteiger partial charge in [-0.2, -0.15) is 9.64 Å². The van der Waals surface area contributed by atoms with E-state index in [2.05, 4.69) is 22.7 Å². The van der Waals surface area contributed by atoms with Crippen LogP contribution in [0.1, 0.15) is 43.9 Å². The average Bonchev–Trinajstić information content (AvgIpc) is 2.75. The van der Waals surface area contributed by atoms with Crippen molar-refractivity contribution in [2.45, 2.75) is 45.1 Å². The van der Waals surface area contributed by atoms with Gasteiger partial charge in [0, 0.05) is 5.54 Å². The van der Waals surface area contributed by atoms with Gasteiger partial charge in [-0.15, -0.1) is 0 Å². The van der Waals surface area contributed by atoms with Gasteiger partial charge in [-0.1, -0.05) is 12.8 Å². The third-order valence-electron chi connectivity index (χ3n) is 3.10. The molecule has 0 saturated heterocycles. The van der Waals surface area contributed by atoms with Crippen LogP contribution in [0.3, 0.4) is 0 Å². The highest BCUT2D eigenvalue weighted by atomic mass is 32.1. The predicted molar refractivity (Wildman–Crippen MR) is 62.1 cm³/mol. The number of hydrogen-bond donors (Lipinski definition) is 1. The largest absolute Gasteiger partial charge is 0.369 e. The number of nitrogens with one attached hydrogen (secondary N) is 1. The Balaban J connectivity index is 2.21. The molecule has 0 atom stereocenters. The summed E-state index contributed by atoms with van der Waals surface area (Å²) in [6.45, 7) is 4.12. The molecule has 1 aromatic rings. The molecule has 0 unspecified atom stereocenters. The molecule has 1 N–H and O–H groups in total. The molecule has 1 saturated carbocycles. The number of anilines is 1. The minimum atomic E-state index is 0.171. The first-order valence-corrected chi connectivity index (χ1v) is 6.06. The molecule has 4 heteroatoms. The van der Waals surface area contributed by atoms with Crippen molar-refractivity contribution >= 4 is 16.5 Å². The van der Waals surface area contributed by atoms with Gasteiger partial charge < -0.3 is 5.32 Å². The van der Waals surface area contributed by atoms with Crippen molar-refractivity contribution in [3.63, 3.8) is 0 Å². The summed E-state index contributed by atoms with van der Waals surface area (Å²) < 4.78 is 4.22. The van der Waals surface area contributed by atoms with E-state index in [0.29, 0.717) is 5.56 Å². The fraction of sp³-hybridized carbons (Fsp3) is 0.636. The molecular formula is C11H15N3S. The molecular weight excluding hydrogens is 206 g/mol. The normalized spacial score (nSPS) is 18.7. The molecule has 0 spiro atoms. The standard InChI is InChI=1S/C11H15N3S/c1-8-9(7-12)10(15-14-8)13-11(2)5-3-4-6-11/h13H,3-6H2,1-2H3. The van der Waals surface area contributed by atoms with Crippen LogP contribution in [0.2, 0.25) is 0 Å². The van der Waals surface area contributed by atoms with Gasteiger partial charge >= 0.3 is 0 Å². The fourth-order valence-corrected chi connectivity index (χ4v) is 3.04. The van der Waals surface area contributed by atoms with Gasteiger partial charge in [0.2, 0.25) is 0 Å². The van der Waals surface area contributed by atoms with Gasteiger partial charge in [0.25, 0.3) is 0 Å².